The number of carbonyl (C=O) groups is 2. The normalized spacial score (nSPS) is 12.2. The molecule has 0 aliphatic carbocycles. The van der Waals surface area contributed by atoms with Crippen LogP contribution in [0.2, 0.25) is 0 Å². The average molecular weight is 631 g/mol. The molecule has 44 heavy (non-hydrogen) atoms. The van der Waals surface area contributed by atoms with E-state index >= 15 is 0 Å². The summed E-state index contributed by atoms with van der Waals surface area (Å²) in [5, 5.41) is 18.7. The molecule has 0 radical (unpaired) electrons. The van der Waals surface area contributed by atoms with Gasteiger partial charge in [-0.05, 0) is 28.8 Å². The van der Waals surface area contributed by atoms with Crippen LogP contribution in [-0.2, 0) is 45.1 Å². The van der Waals surface area contributed by atoms with Crippen molar-refractivity contribution in [1.29, 1.82) is 0 Å². The second-order valence-electron chi connectivity index (χ2n) is 8.90. The molecule has 0 bridgehead atoms. The summed E-state index contributed by atoms with van der Waals surface area (Å²) >= 11 is 0. The lowest BCUT2D eigenvalue weighted by Crippen LogP contribution is -2.30. The molecule has 0 N–H and O–H groups in total. The van der Waals surface area contributed by atoms with Crippen LogP contribution in [0.3, 0.4) is 0 Å². The molecule has 0 spiro atoms. The molecule has 0 fully saturated rings. The molecular weight excluding hydrogens is 604 g/mol. The minimum atomic E-state index is -3.56. The van der Waals surface area contributed by atoms with Crippen molar-refractivity contribution in [2.75, 3.05) is 26.1 Å². The van der Waals surface area contributed by atoms with Crippen LogP contribution in [0.4, 0.5) is 4.79 Å². The quantitative estimate of drug-likeness (QED) is 0.0774. The highest BCUT2D eigenvalue weighted by molar-refractivity contribution is 7.90. The molecule has 0 aliphatic heterocycles. The lowest BCUT2D eigenvalue weighted by molar-refractivity contribution is -0.790. The van der Waals surface area contributed by atoms with Crippen molar-refractivity contribution in [3.05, 3.63) is 122 Å². The first-order valence-electron chi connectivity index (χ1n) is 12.6. The van der Waals surface area contributed by atoms with Crippen LogP contribution in [0.1, 0.15) is 16.7 Å². The fourth-order valence-electron chi connectivity index (χ4n) is 3.73. The van der Waals surface area contributed by atoms with E-state index < -0.39 is 58.1 Å². The molecule has 3 aromatic carbocycles. The Morgan fingerprint density at radius 3 is 1.95 bits per heavy atom. The minimum Gasteiger partial charge on any atom is -0.457 e. The highest BCUT2D eigenvalue weighted by Gasteiger charge is 2.24. The van der Waals surface area contributed by atoms with Gasteiger partial charge in [-0.1, -0.05) is 72.8 Å². The van der Waals surface area contributed by atoms with E-state index in [4.69, 9.17) is 14.2 Å². The van der Waals surface area contributed by atoms with Gasteiger partial charge < -0.3 is 23.9 Å². The predicted molar refractivity (Wildman–Crippen MR) is 151 cm³/mol. The Bertz CT molecular complexity index is 1590. The van der Waals surface area contributed by atoms with Gasteiger partial charge in [-0.2, -0.15) is 0 Å². The fourth-order valence-corrected chi connectivity index (χ4v) is 4.36. The zero-order valence-electron chi connectivity index (χ0n) is 23.1. The molecule has 0 heterocycles. The average Bonchev–Trinajstić information content (AvgIpc) is 2.99. The number of sulfone groups is 1. The van der Waals surface area contributed by atoms with Gasteiger partial charge in [0.15, 0.2) is 15.9 Å². The molecule has 0 amide bonds. The summed E-state index contributed by atoms with van der Waals surface area (Å²) in [5.74, 6) is -0.782. The van der Waals surface area contributed by atoms with Crippen LogP contribution >= 0.6 is 0 Å². The van der Waals surface area contributed by atoms with E-state index in [1.807, 2.05) is 0 Å². The summed E-state index contributed by atoms with van der Waals surface area (Å²) in [7, 11) is -3.56. The van der Waals surface area contributed by atoms with Gasteiger partial charge >= 0.3 is 12.1 Å². The van der Waals surface area contributed by atoms with Crippen molar-refractivity contribution in [3.8, 4) is 0 Å². The highest BCUT2D eigenvalue weighted by Crippen LogP contribution is 2.29. The maximum absolute atomic E-state index is 13.6. The van der Waals surface area contributed by atoms with Crippen LogP contribution in [0.15, 0.2) is 89.8 Å². The molecular formula is C28H26N2O13S. The molecule has 1 unspecified atom stereocenters. The van der Waals surface area contributed by atoms with E-state index in [9.17, 15) is 38.2 Å². The van der Waals surface area contributed by atoms with Gasteiger partial charge in [0.1, 0.15) is 26.4 Å². The van der Waals surface area contributed by atoms with E-state index in [2.05, 4.69) is 9.68 Å². The molecule has 3 rings (SSSR count). The van der Waals surface area contributed by atoms with Gasteiger partial charge in [0.25, 0.3) is 10.2 Å². The Balaban J connectivity index is 1.94. The lowest BCUT2D eigenvalue weighted by Gasteiger charge is -2.17. The van der Waals surface area contributed by atoms with Gasteiger partial charge in [0, 0.05) is 11.8 Å². The number of carbonyl (C=O) groups excluding carboxylic acids is 2. The van der Waals surface area contributed by atoms with Crippen LogP contribution in [0, 0.1) is 20.2 Å². The summed E-state index contributed by atoms with van der Waals surface area (Å²) in [5.41, 5.74) is 1.51. The summed E-state index contributed by atoms with van der Waals surface area (Å²) in [4.78, 5) is 55.4. The molecule has 0 saturated heterocycles. The Kier molecular flexibility index (Phi) is 11.7. The Labute approximate surface area is 250 Å². The van der Waals surface area contributed by atoms with E-state index in [0.29, 0.717) is 16.7 Å². The molecule has 0 saturated carbocycles. The standard InChI is InChI=1S/C28H26N2O13S/c1-44(37,38)24-14-12-21(13-15-24)25(19-41-28(32)40-17-23(43-30(35)36)18-42-29(33)34)26(22-10-6-3-7-11-22)27(31)39-16-20-8-4-2-5-9-20/h2-15,23H,16-19H2,1H3. The molecule has 3 aromatic rings. The molecule has 1 atom stereocenters. The van der Waals surface area contributed by atoms with Gasteiger partial charge in [-0.25, -0.2) is 18.0 Å². The third kappa shape index (κ3) is 10.4. The Hall–Kier alpha value is -5.51. The maximum Gasteiger partial charge on any atom is 0.508 e. The topological polar surface area (TPSA) is 201 Å². The van der Waals surface area contributed by atoms with Gasteiger partial charge in [0.05, 0.1) is 10.5 Å². The largest absolute Gasteiger partial charge is 0.508 e. The number of rotatable bonds is 15. The monoisotopic (exact) mass is 630 g/mol. The first-order valence-corrected chi connectivity index (χ1v) is 14.5. The van der Waals surface area contributed by atoms with E-state index in [0.717, 1.165) is 6.26 Å². The van der Waals surface area contributed by atoms with Crippen molar-refractivity contribution < 1.29 is 52.1 Å². The molecule has 15 nitrogen and oxygen atoms in total. The number of nitrogens with zero attached hydrogens (tertiary/aromatic N) is 2. The second-order valence-corrected chi connectivity index (χ2v) is 10.9. The zero-order valence-corrected chi connectivity index (χ0v) is 23.9. The van der Waals surface area contributed by atoms with Crippen molar-refractivity contribution in [2.45, 2.75) is 17.6 Å². The number of hydrogen-bond donors (Lipinski definition) is 0. The third-order valence-corrected chi connectivity index (χ3v) is 6.86. The predicted octanol–water partition coefficient (Wildman–Crippen LogP) is 3.68. The molecule has 0 aromatic heterocycles. The van der Waals surface area contributed by atoms with E-state index in [1.165, 1.54) is 24.3 Å². The Morgan fingerprint density at radius 2 is 1.39 bits per heavy atom. The molecule has 0 aliphatic rings. The number of hydrogen-bond acceptors (Lipinski definition) is 13. The Morgan fingerprint density at radius 1 is 0.773 bits per heavy atom. The summed E-state index contributed by atoms with van der Waals surface area (Å²) in [6, 6.07) is 22.6. The first-order chi connectivity index (χ1) is 20.9. The molecule has 16 heteroatoms. The molecule has 232 valence electrons. The van der Waals surface area contributed by atoms with Crippen molar-refractivity contribution in [2.24, 2.45) is 0 Å². The van der Waals surface area contributed by atoms with Crippen molar-refractivity contribution >= 4 is 33.1 Å². The summed E-state index contributed by atoms with van der Waals surface area (Å²) in [6.07, 6.45) is -1.98. The van der Waals surface area contributed by atoms with Gasteiger partial charge in [-0.15, -0.1) is 20.2 Å². The SMILES string of the molecule is CS(=O)(=O)c1ccc(C(COC(=O)OCC(CO[N+](=O)[O-])O[N+](=O)[O-])=C(C(=O)OCc2ccccc2)c2ccccc2)cc1. The van der Waals surface area contributed by atoms with Crippen LogP contribution < -0.4 is 0 Å². The van der Waals surface area contributed by atoms with Crippen LogP contribution in [0.25, 0.3) is 11.1 Å². The first kappa shape index (κ1) is 33.0. The number of esters is 1. The number of ether oxygens (including phenoxy) is 3. The van der Waals surface area contributed by atoms with Gasteiger partial charge in [0.2, 0.25) is 0 Å². The van der Waals surface area contributed by atoms with Crippen LogP contribution in [0.5, 0.6) is 0 Å². The van der Waals surface area contributed by atoms with Gasteiger partial charge in [-0.3, -0.25) is 0 Å². The fraction of sp³-hybridized carbons (Fsp3) is 0.214. The number of benzene rings is 3. The smallest absolute Gasteiger partial charge is 0.457 e. The highest BCUT2D eigenvalue weighted by atomic mass is 32.2. The van der Waals surface area contributed by atoms with E-state index in [1.54, 1.807) is 60.7 Å². The lowest BCUT2D eigenvalue weighted by atomic mass is 9.95. The van der Waals surface area contributed by atoms with Crippen molar-refractivity contribution in [3.63, 3.8) is 0 Å². The second kappa shape index (κ2) is 15.6. The summed E-state index contributed by atoms with van der Waals surface area (Å²) in [6.45, 7) is -2.44. The maximum atomic E-state index is 13.6. The summed E-state index contributed by atoms with van der Waals surface area (Å²) < 4.78 is 39.7. The van der Waals surface area contributed by atoms with E-state index in [-0.39, 0.29) is 22.6 Å². The zero-order chi connectivity index (χ0) is 32.1. The van der Waals surface area contributed by atoms with Crippen LogP contribution in [-0.4, -0.2) is 62.9 Å². The minimum absolute atomic E-state index is 0.00242. The van der Waals surface area contributed by atoms with Crippen molar-refractivity contribution in [1.82, 2.24) is 0 Å². The third-order valence-electron chi connectivity index (χ3n) is 5.73.